The minimum absolute atomic E-state index is 0.125. The number of nitrogens with zero attached hydrogens (tertiary/aromatic N) is 3. The number of allylic oxidation sites excluding steroid dienone is 2. The van der Waals surface area contributed by atoms with Gasteiger partial charge in [-0.05, 0) is 24.8 Å². The topological polar surface area (TPSA) is 138 Å². The lowest BCUT2D eigenvalue weighted by Crippen LogP contribution is -2.55. The Labute approximate surface area is 174 Å². The highest BCUT2D eigenvalue weighted by Gasteiger charge is 2.26. The monoisotopic (exact) mass is 431 g/mol. The number of aryl methyl sites for hydroxylation is 1. The number of thiophene rings is 1. The Morgan fingerprint density at radius 2 is 1.57 bits per heavy atom. The number of fused-ring (bicyclic) bond motifs is 1. The average molecular weight is 431 g/mol. The number of hydrogen-bond acceptors (Lipinski definition) is 6. The fraction of sp³-hybridized carbons (Fsp3) is 0.316. The van der Waals surface area contributed by atoms with Gasteiger partial charge in [0, 0.05) is 4.88 Å². The zero-order valence-electron chi connectivity index (χ0n) is 16.2. The Morgan fingerprint density at radius 3 is 2.10 bits per heavy atom. The van der Waals surface area contributed by atoms with Crippen LogP contribution in [0, 0.1) is 0 Å². The van der Waals surface area contributed by atoms with Crippen LogP contribution in [-0.2, 0) is 37.3 Å². The molecule has 3 N–H and O–H groups in total. The van der Waals surface area contributed by atoms with Crippen LogP contribution >= 0.6 is 11.3 Å². The average Bonchev–Trinajstić information content (AvgIpc) is 3.26. The molecule has 0 spiro atoms. The molecule has 0 aromatic carbocycles. The lowest BCUT2D eigenvalue weighted by Gasteiger charge is -2.12. The first kappa shape index (κ1) is 21.2. The Hall–Kier alpha value is -3.47. The number of hydrogen-bond donors (Lipinski definition) is 2. The van der Waals surface area contributed by atoms with Crippen molar-refractivity contribution < 1.29 is 9.59 Å². The summed E-state index contributed by atoms with van der Waals surface area (Å²) in [4.78, 5) is 63.1. The van der Waals surface area contributed by atoms with Crippen LogP contribution in [0.1, 0.15) is 27.2 Å². The number of amides is 2. The zero-order valence-corrected chi connectivity index (χ0v) is 17.0. The van der Waals surface area contributed by atoms with E-state index < -0.39 is 35.4 Å². The maximum absolute atomic E-state index is 12.6. The van der Waals surface area contributed by atoms with Crippen LogP contribution in [0.3, 0.4) is 0 Å². The molecule has 0 atom stereocenters. The largest absolute Gasteiger partial charge is 0.365 e. The smallest absolute Gasteiger partial charge is 0.337 e. The minimum Gasteiger partial charge on any atom is -0.365 e. The van der Waals surface area contributed by atoms with E-state index >= 15 is 0 Å². The molecule has 2 heterocycles. The van der Waals surface area contributed by atoms with Crippen molar-refractivity contribution in [2.45, 2.75) is 38.9 Å². The third-order valence-electron chi connectivity index (χ3n) is 4.73. The highest BCUT2D eigenvalue weighted by atomic mass is 32.1. The molecule has 0 radical (unpaired) electrons. The molecule has 0 saturated heterocycles. The Morgan fingerprint density at radius 1 is 1.00 bits per heavy atom. The maximum atomic E-state index is 12.6. The number of primary amides is 1. The van der Waals surface area contributed by atoms with Crippen molar-refractivity contribution in [1.82, 2.24) is 13.7 Å². The van der Waals surface area contributed by atoms with Crippen molar-refractivity contribution in [1.29, 1.82) is 0 Å². The lowest BCUT2D eigenvalue weighted by atomic mass is 10.1. The van der Waals surface area contributed by atoms with Crippen molar-refractivity contribution in [2.75, 3.05) is 5.32 Å². The first-order chi connectivity index (χ1) is 14.3. The number of anilines is 1. The van der Waals surface area contributed by atoms with Crippen LogP contribution in [0.4, 0.5) is 5.00 Å². The molecule has 3 rings (SSSR count). The summed E-state index contributed by atoms with van der Waals surface area (Å²) in [5.74, 6) is -1.33. The molecule has 11 heteroatoms. The molecule has 2 aromatic rings. The molecule has 0 aliphatic heterocycles. The molecule has 0 bridgehead atoms. The van der Waals surface area contributed by atoms with Crippen molar-refractivity contribution in [3.8, 4) is 0 Å². The van der Waals surface area contributed by atoms with Crippen molar-refractivity contribution in [3.63, 3.8) is 0 Å². The van der Waals surface area contributed by atoms with Gasteiger partial charge < -0.3 is 11.1 Å². The van der Waals surface area contributed by atoms with Crippen LogP contribution in [0.25, 0.3) is 0 Å². The van der Waals surface area contributed by atoms with Crippen LogP contribution in [-0.4, -0.2) is 25.5 Å². The molecular formula is C19H21N5O5S. The number of nitrogens with two attached hydrogens (primary N) is 1. The number of aromatic nitrogens is 3. The van der Waals surface area contributed by atoms with Gasteiger partial charge in [0.15, 0.2) is 0 Å². The molecule has 0 fully saturated rings. The third kappa shape index (κ3) is 3.71. The second-order valence-corrected chi connectivity index (χ2v) is 7.81. The normalized spacial score (nSPS) is 12.4. The quantitative estimate of drug-likeness (QED) is 0.559. The molecular weight excluding hydrogens is 410 g/mol. The summed E-state index contributed by atoms with van der Waals surface area (Å²) in [6.07, 6.45) is 5.09. The van der Waals surface area contributed by atoms with Crippen LogP contribution in [0.15, 0.2) is 39.7 Å². The number of rotatable bonds is 8. The molecule has 0 unspecified atom stereocenters. The maximum Gasteiger partial charge on any atom is 0.337 e. The molecule has 1 aliphatic carbocycles. The summed E-state index contributed by atoms with van der Waals surface area (Å²) in [5.41, 5.74) is 3.93. The van der Waals surface area contributed by atoms with E-state index in [0.717, 1.165) is 32.4 Å². The van der Waals surface area contributed by atoms with Gasteiger partial charge in [0.05, 0.1) is 18.7 Å². The van der Waals surface area contributed by atoms with Gasteiger partial charge in [-0.25, -0.2) is 28.1 Å². The first-order valence-corrected chi connectivity index (χ1v) is 10.0. The SMILES string of the molecule is C=CCn1c(=O)n(CC=C)c(=O)n(CC(=O)Nc2sc3c(c2C(N)=O)CCC3)c1=O. The Kier molecular flexibility index (Phi) is 6.01. The van der Waals surface area contributed by atoms with Gasteiger partial charge in [0.25, 0.3) is 5.91 Å². The predicted octanol–water partition coefficient (Wildman–Crippen LogP) is -0.168. The van der Waals surface area contributed by atoms with Gasteiger partial charge in [-0.15, -0.1) is 24.5 Å². The van der Waals surface area contributed by atoms with Crippen molar-refractivity contribution in [3.05, 3.63) is 72.8 Å². The van der Waals surface area contributed by atoms with Gasteiger partial charge in [0.2, 0.25) is 5.91 Å². The fourth-order valence-electron chi connectivity index (χ4n) is 3.45. The summed E-state index contributed by atoms with van der Waals surface area (Å²) >= 11 is 1.26. The summed E-state index contributed by atoms with van der Waals surface area (Å²) in [6.45, 7) is 6.11. The van der Waals surface area contributed by atoms with Crippen LogP contribution in [0.5, 0.6) is 0 Å². The van der Waals surface area contributed by atoms with Gasteiger partial charge in [-0.2, -0.15) is 0 Å². The summed E-state index contributed by atoms with van der Waals surface area (Å²) < 4.78 is 2.27. The molecule has 2 aromatic heterocycles. The first-order valence-electron chi connectivity index (χ1n) is 9.20. The predicted molar refractivity (Wildman–Crippen MR) is 113 cm³/mol. The molecule has 0 saturated carbocycles. The Bertz CT molecular complexity index is 1180. The van der Waals surface area contributed by atoms with E-state index in [4.69, 9.17) is 5.73 Å². The fourth-order valence-corrected chi connectivity index (χ4v) is 4.76. The zero-order chi connectivity index (χ0) is 22.0. The van der Waals surface area contributed by atoms with E-state index in [-0.39, 0.29) is 18.7 Å². The standard InChI is InChI=1S/C19H21N5O5S/c1-3-8-22-17(27)23(9-4-2)19(29)24(18(22)28)10-13(25)21-16-14(15(20)26)11-6-5-7-12(11)30-16/h3-4H,1-2,5-10H2,(H2,20,26)(H,21,25). The Balaban J connectivity index is 1.98. The van der Waals surface area contributed by atoms with Gasteiger partial charge in [-0.3, -0.25) is 9.59 Å². The molecule has 2 amide bonds. The van der Waals surface area contributed by atoms with E-state index in [1.807, 2.05) is 0 Å². The van der Waals surface area contributed by atoms with E-state index in [9.17, 15) is 24.0 Å². The summed E-state index contributed by atoms with van der Waals surface area (Å²) in [7, 11) is 0. The summed E-state index contributed by atoms with van der Waals surface area (Å²) in [6, 6.07) is 0. The van der Waals surface area contributed by atoms with Gasteiger partial charge >= 0.3 is 17.1 Å². The van der Waals surface area contributed by atoms with Crippen LogP contribution in [0.2, 0.25) is 0 Å². The lowest BCUT2D eigenvalue weighted by molar-refractivity contribution is -0.116. The molecule has 30 heavy (non-hydrogen) atoms. The second kappa shape index (κ2) is 8.49. The second-order valence-electron chi connectivity index (χ2n) is 6.71. The number of carbonyl (C=O) groups excluding carboxylic acids is 2. The van der Waals surface area contributed by atoms with E-state index in [2.05, 4.69) is 18.5 Å². The van der Waals surface area contributed by atoms with E-state index in [1.165, 1.54) is 23.5 Å². The van der Waals surface area contributed by atoms with Gasteiger partial charge in [-0.1, -0.05) is 12.2 Å². The highest BCUT2D eigenvalue weighted by molar-refractivity contribution is 7.17. The van der Waals surface area contributed by atoms with E-state index in [0.29, 0.717) is 16.0 Å². The summed E-state index contributed by atoms with van der Waals surface area (Å²) in [5, 5.41) is 2.89. The van der Waals surface area contributed by atoms with Gasteiger partial charge in [0.1, 0.15) is 11.5 Å². The molecule has 158 valence electrons. The van der Waals surface area contributed by atoms with Crippen LogP contribution < -0.4 is 28.1 Å². The molecule has 1 aliphatic rings. The molecule has 10 nitrogen and oxygen atoms in total. The van der Waals surface area contributed by atoms with E-state index in [1.54, 1.807) is 0 Å². The minimum atomic E-state index is -0.927. The van der Waals surface area contributed by atoms with Crippen molar-refractivity contribution in [2.24, 2.45) is 5.73 Å². The van der Waals surface area contributed by atoms with Crippen molar-refractivity contribution >= 4 is 28.2 Å². The number of carbonyl (C=O) groups is 2. The highest BCUT2D eigenvalue weighted by Crippen LogP contribution is 2.38. The third-order valence-corrected chi connectivity index (χ3v) is 5.94. The number of nitrogens with one attached hydrogen (secondary N) is 1.